The van der Waals surface area contributed by atoms with Crippen molar-refractivity contribution in [3.05, 3.63) is 47.6 Å². The number of aliphatic hydroxyl groups is 2. The molecule has 356 valence electrons. The Morgan fingerprint density at radius 1 is 0.905 bits per heavy atom. The lowest BCUT2D eigenvalue weighted by Gasteiger charge is -2.44. The van der Waals surface area contributed by atoms with Crippen LogP contribution in [0.15, 0.2) is 47.6 Å². The number of ketones is 3. The highest BCUT2D eigenvalue weighted by molar-refractivity contribution is 6.39. The molecule has 63 heavy (non-hydrogen) atoms. The number of carboxylic acid groups (broad SMARTS) is 1. The molecule has 0 spiro atoms. The van der Waals surface area contributed by atoms with Gasteiger partial charge in [-0.05, 0) is 138 Å². The van der Waals surface area contributed by atoms with Crippen LogP contribution in [0.2, 0.25) is 0 Å². The number of piperidine rings is 1. The number of nitrogens with two attached hydrogens (primary N) is 1. The fourth-order valence-corrected chi connectivity index (χ4v) is 10.1. The fraction of sp³-hybridized carbons (Fsp3) is 0.745. The van der Waals surface area contributed by atoms with E-state index in [1.807, 2.05) is 58.1 Å². The molecule has 3 aliphatic rings. The monoisotopic (exact) mass is 882 g/mol. The van der Waals surface area contributed by atoms with Gasteiger partial charge in [0.25, 0.3) is 5.91 Å². The van der Waals surface area contributed by atoms with E-state index in [4.69, 9.17) is 15.2 Å². The summed E-state index contributed by atoms with van der Waals surface area (Å²) in [5, 5.41) is 32.7. The fourth-order valence-electron chi connectivity index (χ4n) is 10.1. The van der Waals surface area contributed by atoms with Gasteiger partial charge in [0, 0.05) is 45.4 Å². The number of carbonyl (C=O) groups excluding carboxylic acids is 5. The SMILES string of the molecule is CO[C@@H](C[C@@H]1CC[C@@H](C)C(N)(C(=O)C(=O)N2CCCC[C@H]2C(=O)[O-])C1)/C(C)=C/C=C/C=C/[C@@H](C)C[C@@H](C)C(=O)C[C@H](O)/C(C)=C/[C@@H](C)C(=O)CC[C@H](C)C[C@@H]1CC[C@@H](O)[C@H](OC)C1. The van der Waals surface area contributed by atoms with Crippen molar-refractivity contribution in [2.24, 2.45) is 47.2 Å². The molecule has 1 aliphatic heterocycles. The van der Waals surface area contributed by atoms with E-state index in [1.165, 1.54) is 0 Å². The lowest BCUT2D eigenvalue weighted by molar-refractivity contribution is -0.312. The zero-order valence-corrected chi connectivity index (χ0v) is 39.9. The number of ether oxygens (including phenoxy) is 2. The molecule has 1 amide bonds. The van der Waals surface area contributed by atoms with Crippen LogP contribution in [0.5, 0.6) is 0 Å². The molecule has 13 atom stereocenters. The first kappa shape index (κ1) is 54.0. The van der Waals surface area contributed by atoms with Crippen LogP contribution in [0.1, 0.15) is 145 Å². The summed E-state index contributed by atoms with van der Waals surface area (Å²) in [5.74, 6) is -2.58. The van der Waals surface area contributed by atoms with Crippen molar-refractivity contribution >= 4 is 29.2 Å². The molecule has 3 rings (SSSR count). The second kappa shape index (κ2) is 26.0. The highest BCUT2D eigenvalue weighted by Crippen LogP contribution is 2.40. The smallest absolute Gasteiger partial charge is 0.292 e. The van der Waals surface area contributed by atoms with Gasteiger partial charge in [-0.15, -0.1) is 0 Å². The highest BCUT2D eigenvalue weighted by Gasteiger charge is 2.49. The van der Waals surface area contributed by atoms with Gasteiger partial charge in [-0.1, -0.05) is 71.1 Å². The Morgan fingerprint density at radius 3 is 2.27 bits per heavy atom. The van der Waals surface area contributed by atoms with E-state index in [2.05, 4.69) is 13.8 Å². The number of amides is 1. The van der Waals surface area contributed by atoms with Crippen LogP contribution in [0, 0.1) is 41.4 Å². The third-order valence-corrected chi connectivity index (χ3v) is 14.5. The molecule has 1 unspecified atom stereocenters. The Bertz CT molecular complexity index is 1650. The number of nitrogens with zero attached hydrogens (tertiary/aromatic N) is 1. The van der Waals surface area contributed by atoms with Crippen molar-refractivity contribution in [2.45, 2.75) is 181 Å². The minimum atomic E-state index is -1.39. The van der Waals surface area contributed by atoms with E-state index in [-0.39, 0.29) is 72.8 Å². The molecule has 2 saturated carbocycles. The molecule has 1 heterocycles. The highest BCUT2D eigenvalue weighted by atomic mass is 16.5. The average molecular weight is 882 g/mol. The molecule has 3 fully saturated rings. The van der Waals surface area contributed by atoms with Crippen LogP contribution in [-0.2, 0) is 33.4 Å². The second-order valence-corrected chi connectivity index (χ2v) is 19.8. The van der Waals surface area contributed by atoms with E-state index < -0.39 is 41.4 Å². The lowest BCUT2D eigenvalue weighted by Crippen LogP contribution is -2.63. The van der Waals surface area contributed by atoms with Crippen LogP contribution in [0.4, 0.5) is 0 Å². The molecule has 0 aromatic rings. The third-order valence-electron chi connectivity index (χ3n) is 14.5. The van der Waals surface area contributed by atoms with Crippen molar-refractivity contribution in [3.63, 3.8) is 0 Å². The summed E-state index contributed by atoms with van der Waals surface area (Å²) in [5.41, 5.74) is 7.00. The molecule has 12 nitrogen and oxygen atoms in total. The largest absolute Gasteiger partial charge is 0.548 e. The topological polar surface area (TPSA) is 197 Å². The number of aliphatic hydroxyl groups excluding tert-OH is 2. The summed E-state index contributed by atoms with van der Waals surface area (Å²) in [6.45, 7) is 13.8. The Morgan fingerprint density at radius 2 is 1.60 bits per heavy atom. The van der Waals surface area contributed by atoms with Crippen molar-refractivity contribution < 1.29 is 48.8 Å². The number of hydrogen-bond donors (Lipinski definition) is 3. The third kappa shape index (κ3) is 16.3. The molecule has 0 aromatic heterocycles. The summed E-state index contributed by atoms with van der Waals surface area (Å²) in [6.07, 6.45) is 19.5. The quantitative estimate of drug-likeness (QED) is 0.0551. The molecule has 0 radical (unpaired) electrons. The number of Topliss-reactive ketones (excluding diaryl/α,β-unsaturated/α-hetero) is 3. The van der Waals surface area contributed by atoms with Crippen LogP contribution in [0.3, 0.4) is 0 Å². The average Bonchev–Trinajstić information content (AvgIpc) is 3.25. The van der Waals surface area contributed by atoms with Gasteiger partial charge < -0.3 is 40.2 Å². The molecular formula is C51H81N2O10-. The zero-order valence-electron chi connectivity index (χ0n) is 39.9. The van der Waals surface area contributed by atoms with E-state index >= 15 is 0 Å². The maximum atomic E-state index is 13.6. The summed E-state index contributed by atoms with van der Waals surface area (Å²) >= 11 is 0. The number of likely N-dealkylation sites (tertiary alicyclic amines) is 1. The molecule has 1 saturated heterocycles. The van der Waals surface area contributed by atoms with Gasteiger partial charge in [0.05, 0.1) is 42.0 Å². The summed E-state index contributed by atoms with van der Waals surface area (Å²) < 4.78 is 11.3. The van der Waals surface area contributed by atoms with Gasteiger partial charge in [-0.2, -0.15) is 0 Å². The number of carbonyl (C=O) groups is 5. The minimum Gasteiger partial charge on any atom is -0.548 e. The maximum Gasteiger partial charge on any atom is 0.292 e. The number of hydrogen-bond acceptors (Lipinski definition) is 11. The lowest BCUT2D eigenvalue weighted by atomic mass is 9.66. The normalized spacial score (nSPS) is 29.2. The molecule has 0 bridgehead atoms. The summed E-state index contributed by atoms with van der Waals surface area (Å²) in [6, 6.07) is -1.11. The Kier molecular flexibility index (Phi) is 22.3. The van der Waals surface area contributed by atoms with Gasteiger partial charge in [-0.25, -0.2) is 0 Å². The van der Waals surface area contributed by atoms with Gasteiger partial charge in [0.2, 0.25) is 5.78 Å². The number of allylic oxidation sites excluding steroid dienone is 6. The Labute approximate surface area is 378 Å². The Balaban J connectivity index is 1.44. The predicted molar refractivity (Wildman–Crippen MR) is 244 cm³/mol. The first-order chi connectivity index (χ1) is 29.7. The second-order valence-electron chi connectivity index (χ2n) is 19.8. The van der Waals surface area contributed by atoms with Gasteiger partial charge in [0.1, 0.15) is 11.6 Å². The molecule has 2 aliphatic carbocycles. The van der Waals surface area contributed by atoms with Crippen molar-refractivity contribution in [2.75, 3.05) is 20.8 Å². The minimum absolute atomic E-state index is 0.00534. The zero-order chi connectivity index (χ0) is 47.0. The number of rotatable bonds is 24. The van der Waals surface area contributed by atoms with E-state index in [9.17, 15) is 39.3 Å². The van der Waals surface area contributed by atoms with Crippen LogP contribution in [0.25, 0.3) is 0 Å². The van der Waals surface area contributed by atoms with E-state index in [0.717, 1.165) is 49.0 Å². The van der Waals surface area contributed by atoms with Crippen molar-refractivity contribution in [1.29, 1.82) is 0 Å². The summed E-state index contributed by atoms with van der Waals surface area (Å²) in [7, 11) is 3.30. The Hall–Kier alpha value is -3.29. The molecular weight excluding hydrogens is 801 g/mol. The number of aliphatic carboxylic acids is 1. The van der Waals surface area contributed by atoms with Crippen LogP contribution >= 0.6 is 0 Å². The number of methoxy groups -OCH3 is 2. The van der Waals surface area contributed by atoms with Gasteiger partial charge in [-0.3, -0.25) is 19.2 Å². The maximum absolute atomic E-state index is 13.6. The predicted octanol–water partition coefficient (Wildman–Crippen LogP) is 6.40. The standard InChI is InChI=1S/C51H82N2O10/c1-32(25-35(4)44(56)30-45(57)37(6)27-36(5)42(54)22-18-33(2)26-39-21-23-43(55)47(28-39)63-9)15-11-10-12-16-34(3)46(62-8)29-40-20-19-38(7)51(52,31-40)48(58)49(59)53-24-14-13-17-41(53)50(60)61/h10-12,15-16,27,32-33,35-36,38-41,43,45-47,55,57H,13-14,17-26,28-31,52H2,1-9H3,(H,60,61)/p-1/b12-10+,15-11+,34-16+,37-27+/t32-,33+,35-,36-,38-,39+,40+,41+,43-,45+,46+,47-,51?/m1/s1. The first-order valence-corrected chi connectivity index (χ1v) is 23.7. The van der Waals surface area contributed by atoms with Crippen LogP contribution in [-0.4, -0.2) is 101 Å². The van der Waals surface area contributed by atoms with Crippen molar-refractivity contribution in [1.82, 2.24) is 4.90 Å². The molecule has 4 N–H and O–H groups in total. The van der Waals surface area contributed by atoms with Crippen LogP contribution < -0.4 is 10.8 Å². The number of carboxylic acids is 1. The van der Waals surface area contributed by atoms with Crippen molar-refractivity contribution in [3.8, 4) is 0 Å². The molecule has 0 aromatic carbocycles. The first-order valence-electron chi connectivity index (χ1n) is 23.7. The van der Waals surface area contributed by atoms with Gasteiger partial charge >= 0.3 is 0 Å². The van der Waals surface area contributed by atoms with E-state index in [0.29, 0.717) is 62.4 Å². The summed E-state index contributed by atoms with van der Waals surface area (Å²) in [4.78, 5) is 66.0. The molecule has 12 heteroatoms. The van der Waals surface area contributed by atoms with Gasteiger partial charge in [0.15, 0.2) is 0 Å². The van der Waals surface area contributed by atoms with E-state index in [1.54, 1.807) is 27.2 Å².